The second-order valence-electron chi connectivity index (χ2n) is 5.16. The van der Waals surface area contributed by atoms with Gasteiger partial charge >= 0.3 is 5.97 Å². The standard InChI is InChI=1S/C15H17N3O3/c1-21-15(20)9-13(17-18-16)7-10-2-3-12-8-14(19)5-4-11(12)6-10/h2-3,6,13H,4-5,7-9H2,1H3/t13-/m1/s1. The number of carbonyl (C=O) groups is 2. The Kier molecular flexibility index (Phi) is 4.95. The van der Waals surface area contributed by atoms with E-state index in [0.29, 0.717) is 19.3 Å². The summed E-state index contributed by atoms with van der Waals surface area (Å²) >= 11 is 0. The molecule has 1 aromatic rings. The summed E-state index contributed by atoms with van der Waals surface area (Å²) in [5.74, 6) is -0.121. The molecule has 0 spiro atoms. The fourth-order valence-electron chi connectivity index (χ4n) is 2.56. The number of aryl methyl sites for hydroxylation is 1. The Balaban J connectivity index is 2.12. The molecule has 0 fully saturated rings. The van der Waals surface area contributed by atoms with Crippen LogP contribution in [-0.4, -0.2) is 24.9 Å². The van der Waals surface area contributed by atoms with Crippen molar-refractivity contribution in [2.24, 2.45) is 5.11 Å². The summed E-state index contributed by atoms with van der Waals surface area (Å²) in [4.78, 5) is 25.5. The van der Waals surface area contributed by atoms with Crippen LogP contribution in [-0.2, 0) is 33.6 Å². The molecule has 110 valence electrons. The third kappa shape index (κ3) is 4.07. The maximum absolute atomic E-state index is 11.4. The molecule has 0 bridgehead atoms. The van der Waals surface area contributed by atoms with E-state index in [-0.39, 0.29) is 12.2 Å². The number of ether oxygens (including phenoxy) is 1. The van der Waals surface area contributed by atoms with Crippen molar-refractivity contribution in [2.75, 3.05) is 7.11 Å². The van der Waals surface area contributed by atoms with Crippen molar-refractivity contribution in [3.63, 3.8) is 0 Å². The van der Waals surface area contributed by atoms with E-state index in [0.717, 1.165) is 17.5 Å². The number of hydrogen-bond acceptors (Lipinski definition) is 4. The van der Waals surface area contributed by atoms with E-state index in [1.165, 1.54) is 12.7 Å². The molecule has 0 aliphatic heterocycles. The van der Waals surface area contributed by atoms with Gasteiger partial charge in [-0.15, -0.1) is 0 Å². The van der Waals surface area contributed by atoms with Gasteiger partial charge < -0.3 is 4.74 Å². The van der Waals surface area contributed by atoms with Crippen molar-refractivity contribution in [2.45, 2.75) is 38.1 Å². The van der Waals surface area contributed by atoms with Gasteiger partial charge in [0.2, 0.25) is 0 Å². The number of methoxy groups -OCH3 is 1. The molecular formula is C15H17N3O3. The van der Waals surface area contributed by atoms with Crippen LogP contribution in [0.15, 0.2) is 23.3 Å². The molecule has 0 N–H and O–H groups in total. The second kappa shape index (κ2) is 6.90. The molecule has 0 saturated carbocycles. The number of hydrogen-bond donors (Lipinski definition) is 0. The van der Waals surface area contributed by atoms with Gasteiger partial charge in [0.15, 0.2) is 0 Å². The number of carbonyl (C=O) groups excluding carboxylic acids is 2. The van der Waals surface area contributed by atoms with Gasteiger partial charge in [0.05, 0.1) is 19.6 Å². The van der Waals surface area contributed by atoms with Gasteiger partial charge in [-0.3, -0.25) is 9.59 Å². The number of nitrogens with zero attached hydrogens (tertiary/aromatic N) is 3. The molecule has 6 nitrogen and oxygen atoms in total. The van der Waals surface area contributed by atoms with Gasteiger partial charge in [-0.2, -0.15) is 0 Å². The van der Waals surface area contributed by atoms with Crippen LogP contribution in [0.3, 0.4) is 0 Å². The largest absolute Gasteiger partial charge is 0.469 e. The lowest BCUT2D eigenvalue weighted by molar-refractivity contribution is -0.141. The Morgan fingerprint density at radius 3 is 2.95 bits per heavy atom. The van der Waals surface area contributed by atoms with E-state index < -0.39 is 12.0 Å². The fourth-order valence-corrected chi connectivity index (χ4v) is 2.56. The zero-order valence-electron chi connectivity index (χ0n) is 11.9. The van der Waals surface area contributed by atoms with Crippen LogP contribution in [0.2, 0.25) is 0 Å². The number of azide groups is 1. The van der Waals surface area contributed by atoms with E-state index in [2.05, 4.69) is 14.8 Å². The van der Waals surface area contributed by atoms with Gasteiger partial charge in [-0.25, -0.2) is 0 Å². The zero-order valence-corrected chi connectivity index (χ0v) is 11.9. The summed E-state index contributed by atoms with van der Waals surface area (Å²) in [7, 11) is 1.31. The fraction of sp³-hybridized carbons (Fsp3) is 0.467. The van der Waals surface area contributed by atoms with Crippen molar-refractivity contribution in [3.8, 4) is 0 Å². The Morgan fingerprint density at radius 1 is 1.43 bits per heavy atom. The Morgan fingerprint density at radius 2 is 2.24 bits per heavy atom. The number of fused-ring (bicyclic) bond motifs is 1. The third-order valence-electron chi connectivity index (χ3n) is 3.65. The third-order valence-corrected chi connectivity index (χ3v) is 3.65. The molecule has 21 heavy (non-hydrogen) atoms. The van der Waals surface area contributed by atoms with Gasteiger partial charge in [-0.1, -0.05) is 23.3 Å². The molecular weight excluding hydrogens is 270 g/mol. The molecule has 1 aliphatic rings. The van der Waals surface area contributed by atoms with Crippen LogP contribution in [0.25, 0.3) is 10.4 Å². The molecule has 0 unspecified atom stereocenters. The number of ketones is 1. The van der Waals surface area contributed by atoms with Crippen LogP contribution in [0, 0.1) is 0 Å². The highest BCUT2D eigenvalue weighted by Crippen LogP contribution is 2.22. The van der Waals surface area contributed by atoms with Gasteiger partial charge in [-0.05, 0) is 35.1 Å². The Labute approximate surface area is 122 Å². The topological polar surface area (TPSA) is 92.1 Å². The van der Waals surface area contributed by atoms with E-state index in [9.17, 15) is 9.59 Å². The van der Waals surface area contributed by atoms with E-state index >= 15 is 0 Å². The molecule has 2 rings (SSSR count). The highest BCUT2D eigenvalue weighted by Gasteiger charge is 2.18. The molecule has 0 saturated heterocycles. The van der Waals surface area contributed by atoms with Gasteiger partial charge in [0, 0.05) is 17.8 Å². The van der Waals surface area contributed by atoms with E-state index in [1.807, 2.05) is 18.2 Å². The van der Waals surface area contributed by atoms with E-state index in [4.69, 9.17) is 5.53 Å². The lowest BCUT2D eigenvalue weighted by atomic mass is 9.88. The maximum atomic E-state index is 11.4. The first-order valence-electron chi connectivity index (χ1n) is 6.85. The lowest BCUT2D eigenvalue weighted by Crippen LogP contribution is -2.17. The average molecular weight is 287 g/mol. The minimum absolute atomic E-state index is 0.0656. The summed E-state index contributed by atoms with van der Waals surface area (Å²) < 4.78 is 4.61. The predicted octanol–water partition coefficient (Wildman–Crippen LogP) is 2.53. The number of benzene rings is 1. The predicted molar refractivity (Wildman–Crippen MR) is 76.7 cm³/mol. The second-order valence-corrected chi connectivity index (χ2v) is 5.16. The van der Waals surface area contributed by atoms with Crippen LogP contribution >= 0.6 is 0 Å². The van der Waals surface area contributed by atoms with Crippen LogP contribution in [0.4, 0.5) is 0 Å². The van der Waals surface area contributed by atoms with Crippen LogP contribution in [0.5, 0.6) is 0 Å². The van der Waals surface area contributed by atoms with Crippen molar-refractivity contribution in [1.82, 2.24) is 0 Å². The first kappa shape index (κ1) is 15.1. The summed E-state index contributed by atoms with van der Waals surface area (Å²) in [6, 6.07) is 5.46. The first-order chi connectivity index (χ1) is 10.1. The maximum Gasteiger partial charge on any atom is 0.305 e. The molecule has 6 heteroatoms. The Hall–Kier alpha value is -2.33. The number of esters is 1. The quantitative estimate of drug-likeness (QED) is 0.360. The van der Waals surface area contributed by atoms with Crippen LogP contribution in [0.1, 0.15) is 29.5 Å². The number of Topliss-reactive ketones (excluding diaryl/α,β-unsaturated/α-hetero) is 1. The van der Waals surface area contributed by atoms with Gasteiger partial charge in [0.25, 0.3) is 0 Å². The normalized spacial score (nSPS) is 14.8. The summed E-state index contributed by atoms with van der Waals surface area (Å²) in [6.07, 6.45) is 2.39. The average Bonchev–Trinajstić information content (AvgIpc) is 2.47. The monoisotopic (exact) mass is 287 g/mol. The van der Waals surface area contributed by atoms with Crippen molar-refractivity contribution in [1.29, 1.82) is 0 Å². The Bertz CT molecular complexity index is 606. The highest BCUT2D eigenvalue weighted by atomic mass is 16.5. The number of rotatable bonds is 5. The van der Waals surface area contributed by atoms with Gasteiger partial charge in [0.1, 0.15) is 5.78 Å². The molecule has 1 atom stereocenters. The highest BCUT2D eigenvalue weighted by molar-refractivity contribution is 5.83. The van der Waals surface area contributed by atoms with Crippen molar-refractivity contribution >= 4 is 11.8 Å². The summed E-state index contributed by atoms with van der Waals surface area (Å²) in [5, 5.41) is 3.66. The first-order valence-corrected chi connectivity index (χ1v) is 6.85. The summed E-state index contributed by atoms with van der Waals surface area (Å²) in [5.41, 5.74) is 11.8. The minimum atomic E-state index is -0.453. The van der Waals surface area contributed by atoms with E-state index in [1.54, 1.807) is 0 Å². The zero-order chi connectivity index (χ0) is 15.2. The molecule has 0 heterocycles. The van der Waals surface area contributed by atoms with Crippen molar-refractivity contribution in [3.05, 3.63) is 45.3 Å². The molecule has 0 aromatic heterocycles. The smallest absolute Gasteiger partial charge is 0.305 e. The molecule has 1 aliphatic carbocycles. The summed E-state index contributed by atoms with van der Waals surface area (Å²) in [6.45, 7) is 0. The minimum Gasteiger partial charge on any atom is -0.469 e. The molecule has 1 aromatic carbocycles. The van der Waals surface area contributed by atoms with Crippen molar-refractivity contribution < 1.29 is 14.3 Å². The molecule has 0 radical (unpaired) electrons. The SMILES string of the molecule is COC(=O)C[C@@H](Cc1ccc2c(c1)CCC(=O)C2)N=[N+]=[N-]. The molecule has 0 amide bonds. The van der Waals surface area contributed by atoms with Crippen LogP contribution < -0.4 is 0 Å². The lowest BCUT2D eigenvalue weighted by Gasteiger charge is -2.17.